The van der Waals surface area contributed by atoms with Crippen molar-refractivity contribution in [3.05, 3.63) is 29.2 Å². The predicted molar refractivity (Wildman–Crippen MR) is 79.8 cm³/mol. The molecule has 1 amide bonds. The van der Waals surface area contributed by atoms with Crippen LogP contribution in [-0.4, -0.2) is 39.2 Å². The largest absolute Gasteiger partial charge is 0.364 e. The van der Waals surface area contributed by atoms with E-state index in [9.17, 15) is 4.79 Å². The third-order valence-corrected chi connectivity index (χ3v) is 5.32. The molecule has 0 aromatic carbocycles. The van der Waals surface area contributed by atoms with Gasteiger partial charge in [-0.3, -0.25) is 4.79 Å². The Kier molecular flexibility index (Phi) is 3.25. The number of carbonyl (C=O) groups is 1. The van der Waals surface area contributed by atoms with Gasteiger partial charge in [0.15, 0.2) is 5.82 Å². The van der Waals surface area contributed by atoms with E-state index in [4.69, 9.17) is 9.05 Å². The molecule has 0 bridgehead atoms. The van der Waals surface area contributed by atoms with Gasteiger partial charge < -0.3 is 13.9 Å². The van der Waals surface area contributed by atoms with Gasteiger partial charge in [0.2, 0.25) is 5.89 Å². The molecule has 2 aromatic heterocycles. The summed E-state index contributed by atoms with van der Waals surface area (Å²) in [6.45, 7) is 5.16. The van der Waals surface area contributed by atoms with E-state index in [1.54, 1.807) is 0 Å². The zero-order valence-corrected chi connectivity index (χ0v) is 13.4. The minimum Gasteiger partial charge on any atom is -0.364 e. The number of fused-ring (bicyclic) bond motifs is 1. The van der Waals surface area contributed by atoms with E-state index >= 15 is 0 Å². The number of carbonyl (C=O) groups excluding carboxylic acids is 1. The Morgan fingerprint density at radius 3 is 3.09 bits per heavy atom. The minimum atomic E-state index is -0.180. The van der Waals surface area contributed by atoms with E-state index < -0.39 is 0 Å². The van der Waals surface area contributed by atoms with Crippen LogP contribution in [0.3, 0.4) is 0 Å². The molecule has 7 heteroatoms. The molecular formula is C16H20N4O3. The summed E-state index contributed by atoms with van der Waals surface area (Å²) < 4.78 is 10.5. The second kappa shape index (κ2) is 5.18. The number of amides is 1. The number of nitrogens with zero attached hydrogens (tertiary/aromatic N) is 4. The molecule has 23 heavy (non-hydrogen) atoms. The maximum Gasteiger partial charge on any atom is 0.259 e. The van der Waals surface area contributed by atoms with Crippen LogP contribution in [0.25, 0.3) is 0 Å². The average Bonchev–Trinajstić information content (AvgIpc) is 3.28. The van der Waals surface area contributed by atoms with E-state index in [2.05, 4.69) is 15.3 Å². The molecule has 0 radical (unpaired) electrons. The van der Waals surface area contributed by atoms with Gasteiger partial charge >= 0.3 is 0 Å². The molecule has 1 saturated heterocycles. The molecule has 0 spiro atoms. The molecular weight excluding hydrogens is 296 g/mol. The van der Waals surface area contributed by atoms with Crippen LogP contribution in [0.2, 0.25) is 0 Å². The summed E-state index contributed by atoms with van der Waals surface area (Å²) in [7, 11) is 0. The van der Waals surface area contributed by atoms with Crippen molar-refractivity contribution in [2.45, 2.75) is 44.9 Å². The standard InChI is InChI=1S/C16H20N4O3/c1-3-13-12(8-22-19-13)14(21)20-7-11-5-4-6-16(11,9-20)15-17-10(2)18-23-15/h8,11H,3-7,9H2,1-2H3/t11-,16-/m0/s1. The number of hydrogen-bond acceptors (Lipinski definition) is 6. The Bertz CT molecular complexity index is 737. The normalized spacial score (nSPS) is 26.7. The summed E-state index contributed by atoms with van der Waals surface area (Å²) in [6.07, 6.45) is 5.37. The summed E-state index contributed by atoms with van der Waals surface area (Å²) >= 11 is 0. The smallest absolute Gasteiger partial charge is 0.259 e. The van der Waals surface area contributed by atoms with E-state index in [1.165, 1.54) is 6.26 Å². The van der Waals surface area contributed by atoms with E-state index in [1.807, 2.05) is 18.7 Å². The molecule has 2 atom stereocenters. The molecule has 122 valence electrons. The second-order valence-corrected chi connectivity index (χ2v) is 6.61. The molecule has 2 aliphatic rings. The molecule has 2 aromatic rings. The maximum absolute atomic E-state index is 12.9. The van der Waals surface area contributed by atoms with Crippen LogP contribution < -0.4 is 0 Å². The second-order valence-electron chi connectivity index (χ2n) is 6.61. The van der Waals surface area contributed by atoms with E-state index in [0.717, 1.165) is 31.5 Å². The van der Waals surface area contributed by atoms with Crippen LogP contribution in [0.15, 0.2) is 15.3 Å². The predicted octanol–water partition coefficient (Wildman–Crippen LogP) is 2.12. The molecule has 7 nitrogen and oxygen atoms in total. The van der Waals surface area contributed by atoms with Gasteiger partial charge in [-0.2, -0.15) is 4.98 Å². The Balaban J connectivity index is 1.63. The van der Waals surface area contributed by atoms with Gasteiger partial charge in [0.25, 0.3) is 5.91 Å². The quantitative estimate of drug-likeness (QED) is 0.862. The highest BCUT2D eigenvalue weighted by Crippen LogP contribution is 2.50. The van der Waals surface area contributed by atoms with Gasteiger partial charge in [-0.15, -0.1) is 0 Å². The zero-order chi connectivity index (χ0) is 16.0. The van der Waals surface area contributed by atoms with Crippen LogP contribution in [0, 0.1) is 12.8 Å². The third-order valence-electron chi connectivity index (χ3n) is 5.32. The number of likely N-dealkylation sites (tertiary alicyclic amines) is 1. The molecule has 3 heterocycles. The fraction of sp³-hybridized carbons (Fsp3) is 0.625. The van der Waals surface area contributed by atoms with Crippen molar-refractivity contribution in [1.82, 2.24) is 20.2 Å². The van der Waals surface area contributed by atoms with Gasteiger partial charge in [0, 0.05) is 13.1 Å². The number of hydrogen-bond donors (Lipinski definition) is 0. The fourth-order valence-electron chi connectivity index (χ4n) is 4.15. The van der Waals surface area contributed by atoms with Crippen molar-refractivity contribution in [3.63, 3.8) is 0 Å². The van der Waals surface area contributed by atoms with E-state index in [0.29, 0.717) is 36.2 Å². The lowest BCUT2D eigenvalue weighted by atomic mass is 9.80. The molecule has 0 unspecified atom stereocenters. The van der Waals surface area contributed by atoms with Crippen LogP contribution in [0.1, 0.15) is 54.0 Å². The lowest BCUT2D eigenvalue weighted by Gasteiger charge is -2.24. The van der Waals surface area contributed by atoms with Crippen LogP contribution in [0.4, 0.5) is 0 Å². The monoisotopic (exact) mass is 316 g/mol. The molecule has 1 saturated carbocycles. The molecule has 0 N–H and O–H groups in total. The van der Waals surface area contributed by atoms with Gasteiger partial charge in [-0.05, 0) is 32.1 Å². The summed E-state index contributed by atoms with van der Waals surface area (Å²) in [5.74, 6) is 1.72. The van der Waals surface area contributed by atoms with Gasteiger partial charge in [-0.25, -0.2) is 0 Å². The summed E-state index contributed by atoms with van der Waals surface area (Å²) in [5, 5.41) is 7.86. The zero-order valence-electron chi connectivity index (χ0n) is 13.4. The number of aryl methyl sites for hydroxylation is 2. The van der Waals surface area contributed by atoms with Crippen molar-refractivity contribution in [2.75, 3.05) is 13.1 Å². The van der Waals surface area contributed by atoms with Crippen molar-refractivity contribution in [2.24, 2.45) is 5.92 Å². The lowest BCUT2D eigenvalue weighted by Crippen LogP contribution is -2.35. The SMILES string of the molecule is CCc1nocc1C(=O)N1C[C@@H]2CCC[C@]2(c2nc(C)no2)C1. The summed E-state index contributed by atoms with van der Waals surface area (Å²) in [6, 6.07) is 0. The van der Waals surface area contributed by atoms with Gasteiger partial charge in [0.1, 0.15) is 11.8 Å². The van der Waals surface area contributed by atoms with Crippen LogP contribution in [-0.2, 0) is 11.8 Å². The van der Waals surface area contributed by atoms with Crippen LogP contribution >= 0.6 is 0 Å². The number of aromatic nitrogens is 3. The highest BCUT2D eigenvalue weighted by Gasteiger charge is 2.55. The van der Waals surface area contributed by atoms with Crippen molar-refractivity contribution in [3.8, 4) is 0 Å². The first kappa shape index (κ1) is 14.4. The Labute approximate surface area is 134 Å². The third kappa shape index (κ3) is 2.09. The topological polar surface area (TPSA) is 85.3 Å². The van der Waals surface area contributed by atoms with Crippen molar-refractivity contribution in [1.29, 1.82) is 0 Å². The Morgan fingerprint density at radius 1 is 1.48 bits per heavy atom. The van der Waals surface area contributed by atoms with E-state index in [-0.39, 0.29) is 11.3 Å². The first-order valence-corrected chi connectivity index (χ1v) is 8.17. The van der Waals surface area contributed by atoms with Gasteiger partial charge in [0.05, 0.1) is 11.1 Å². The fourth-order valence-corrected chi connectivity index (χ4v) is 4.15. The maximum atomic E-state index is 12.9. The first-order valence-electron chi connectivity index (χ1n) is 8.17. The highest BCUT2D eigenvalue weighted by molar-refractivity contribution is 5.95. The van der Waals surface area contributed by atoms with Crippen molar-refractivity contribution >= 4 is 5.91 Å². The summed E-state index contributed by atoms with van der Waals surface area (Å²) in [5.41, 5.74) is 1.11. The Hall–Kier alpha value is -2.18. The highest BCUT2D eigenvalue weighted by atomic mass is 16.5. The van der Waals surface area contributed by atoms with Gasteiger partial charge in [-0.1, -0.05) is 23.7 Å². The molecule has 1 aliphatic heterocycles. The summed E-state index contributed by atoms with van der Waals surface area (Å²) in [4.78, 5) is 19.2. The Morgan fingerprint density at radius 2 is 2.35 bits per heavy atom. The number of rotatable bonds is 3. The van der Waals surface area contributed by atoms with Crippen LogP contribution in [0.5, 0.6) is 0 Å². The minimum absolute atomic E-state index is 0.00638. The average molecular weight is 316 g/mol. The molecule has 2 fully saturated rings. The molecule has 4 rings (SSSR count). The lowest BCUT2D eigenvalue weighted by molar-refractivity contribution is 0.0773. The molecule has 1 aliphatic carbocycles. The van der Waals surface area contributed by atoms with Crippen molar-refractivity contribution < 1.29 is 13.8 Å². The first-order chi connectivity index (χ1) is 11.1.